The number of ether oxygens (including phenoxy) is 2. The van der Waals surface area contributed by atoms with Crippen LogP contribution in [0.4, 0.5) is 5.69 Å². The Hall–Kier alpha value is -8.32. The zero-order chi connectivity index (χ0) is 61.8. The molecule has 0 N–H and O–H groups in total. The van der Waals surface area contributed by atoms with Crippen LogP contribution in [0.15, 0.2) is 174 Å². The zero-order valence-corrected chi connectivity index (χ0v) is 54.8. The van der Waals surface area contributed by atoms with Crippen LogP contribution >= 0.6 is 15.9 Å². The van der Waals surface area contributed by atoms with Gasteiger partial charge in [0.1, 0.15) is 23.0 Å². The molecule has 13 aromatic carbocycles. The number of amides is 2. The fourth-order valence-corrected chi connectivity index (χ4v) is 16.4. The number of carbonyl (C=O) groups excluding carboxylic acids is 2. The Morgan fingerprint density at radius 3 is 1.19 bits per heavy atom. The molecule has 0 radical (unpaired) electrons. The third-order valence-corrected chi connectivity index (χ3v) is 19.6. The summed E-state index contributed by atoms with van der Waals surface area (Å²) in [6.45, 7) is 31.5. The third-order valence-electron chi connectivity index (χ3n) is 18.9. The smallest absolute Gasteiger partial charge is 0.266 e. The van der Waals surface area contributed by atoms with Crippen LogP contribution in [0.1, 0.15) is 165 Å². The summed E-state index contributed by atoms with van der Waals surface area (Å²) in [4.78, 5) is 33.7. The Bertz CT molecular complexity index is 4840. The number of rotatable bonds is 12. The second-order valence-electron chi connectivity index (χ2n) is 29.5. The lowest BCUT2D eigenvalue weighted by Crippen LogP contribution is -2.42. The quantitative estimate of drug-likeness (QED) is 0.0695. The molecule has 0 saturated heterocycles. The molecule has 0 atom stereocenters. The Balaban J connectivity index is 1.07. The van der Waals surface area contributed by atoms with Crippen LogP contribution in [-0.2, 0) is 10.8 Å². The van der Waals surface area contributed by atoms with Gasteiger partial charge in [-0.05, 0) is 187 Å². The number of para-hydroxylation sites is 1. The molecule has 0 aromatic heterocycles. The van der Waals surface area contributed by atoms with Gasteiger partial charge < -0.3 is 9.47 Å². The number of fused-ring (bicyclic) bond motifs is 4. The van der Waals surface area contributed by atoms with Gasteiger partial charge in [0.05, 0.1) is 16.8 Å². The van der Waals surface area contributed by atoms with Crippen molar-refractivity contribution < 1.29 is 19.1 Å². The highest BCUT2D eigenvalue weighted by molar-refractivity contribution is 9.10. The molecule has 0 unspecified atom stereocenters. The van der Waals surface area contributed by atoms with E-state index in [1.54, 1.807) is 0 Å². The summed E-state index contributed by atoms with van der Waals surface area (Å²) in [6, 6.07) is 60.5. The maximum atomic E-state index is 16.1. The van der Waals surface area contributed by atoms with Gasteiger partial charge in [-0.25, -0.2) is 4.90 Å². The minimum absolute atomic E-state index is 0.0162. The maximum absolute atomic E-state index is 16.1. The molecule has 14 rings (SSSR count). The van der Waals surface area contributed by atoms with Crippen LogP contribution in [0.2, 0.25) is 0 Å². The van der Waals surface area contributed by atoms with Gasteiger partial charge in [-0.15, -0.1) is 0 Å². The molecule has 0 bridgehead atoms. The van der Waals surface area contributed by atoms with E-state index < -0.39 is 0 Å². The van der Waals surface area contributed by atoms with E-state index in [0.29, 0.717) is 45.2 Å². The highest BCUT2D eigenvalue weighted by Gasteiger charge is 2.41. The van der Waals surface area contributed by atoms with Crippen LogP contribution in [-0.4, -0.2) is 11.8 Å². The monoisotopic (exact) mass is 1220 g/mol. The fourth-order valence-electron chi connectivity index (χ4n) is 16.0. The third kappa shape index (κ3) is 9.21. The van der Waals surface area contributed by atoms with E-state index in [4.69, 9.17) is 9.47 Å². The first kappa shape index (κ1) is 57.4. The topological polar surface area (TPSA) is 55.8 Å². The molecule has 1 aliphatic rings. The van der Waals surface area contributed by atoms with Gasteiger partial charge in [0.15, 0.2) is 0 Å². The predicted molar refractivity (Wildman–Crippen MR) is 375 cm³/mol. The number of carbonyl (C=O) groups is 2. The molecule has 440 valence electrons. The average Bonchev–Trinajstić information content (AvgIpc) is 0.694. The van der Waals surface area contributed by atoms with Crippen LogP contribution in [0.5, 0.6) is 23.0 Å². The van der Waals surface area contributed by atoms with E-state index in [0.717, 1.165) is 77.3 Å². The molecule has 5 nitrogen and oxygen atoms in total. The van der Waals surface area contributed by atoms with E-state index >= 15 is 9.59 Å². The second-order valence-corrected chi connectivity index (χ2v) is 30.3. The molecule has 2 amide bonds. The Morgan fingerprint density at radius 1 is 0.375 bits per heavy atom. The van der Waals surface area contributed by atoms with Gasteiger partial charge in [0, 0.05) is 26.0 Å². The van der Waals surface area contributed by atoms with Crippen molar-refractivity contribution in [3.05, 3.63) is 208 Å². The lowest BCUT2D eigenvalue weighted by atomic mass is 9.72. The summed E-state index contributed by atoms with van der Waals surface area (Å²) in [5.41, 5.74) is 8.02. The van der Waals surface area contributed by atoms with Crippen molar-refractivity contribution in [2.24, 2.45) is 10.8 Å². The van der Waals surface area contributed by atoms with E-state index in [9.17, 15) is 0 Å². The highest BCUT2D eigenvalue weighted by atomic mass is 79.9. The van der Waals surface area contributed by atoms with Crippen LogP contribution < -0.4 is 14.4 Å². The summed E-state index contributed by atoms with van der Waals surface area (Å²) in [7, 11) is 0. The van der Waals surface area contributed by atoms with Crippen molar-refractivity contribution in [2.75, 3.05) is 4.90 Å². The van der Waals surface area contributed by atoms with Crippen molar-refractivity contribution in [3.8, 4) is 34.1 Å². The van der Waals surface area contributed by atoms with Crippen molar-refractivity contribution in [1.82, 2.24) is 0 Å². The molecule has 0 fully saturated rings. The largest absolute Gasteiger partial charge is 0.457 e. The van der Waals surface area contributed by atoms with E-state index in [1.165, 1.54) is 59.1 Å². The fraction of sp³-hybridized carbons (Fsp3) is 0.268. The first-order chi connectivity index (χ1) is 41.8. The molecule has 0 spiro atoms. The molecular weight excluding hydrogens is 1140 g/mol. The normalized spacial score (nSPS) is 13.7. The Labute approximate surface area is 525 Å². The van der Waals surface area contributed by atoms with Crippen molar-refractivity contribution >= 4 is 120 Å². The number of benzene rings is 13. The van der Waals surface area contributed by atoms with Gasteiger partial charge >= 0.3 is 0 Å². The average molecular weight is 1220 g/mol. The maximum Gasteiger partial charge on any atom is 0.266 e. The van der Waals surface area contributed by atoms with Gasteiger partial charge in [-0.1, -0.05) is 240 Å². The number of hydrogen-bond acceptors (Lipinski definition) is 4. The molecule has 1 heterocycles. The van der Waals surface area contributed by atoms with Crippen molar-refractivity contribution in [1.29, 1.82) is 0 Å². The molecule has 13 aromatic rings. The lowest BCUT2D eigenvalue weighted by molar-refractivity contribution is 0.0892. The number of imide groups is 1. The van der Waals surface area contributed by atoms with Crippen LogP contribution in [0.25, 0.3) is 97.3 Å². The number of anilines is 1. The predicted octanol–water partition coefficient (Wildman–Crippen LogP) is 24.3. The Morgan fingerprint density at radius 2 is 0.739 bits per heavy atom. The first-order valence-electron chi connectivity index (χ1n) is 31.4. The summed E-state index contributed by atoms with van der Waals surface area (Å²) < 4.78 is 15.8. The zero-order valence-electron chi connectivity index (χ0n) is 53.2. The van der Waals surface area contributed by atoms with E-state index in [1.807, 2.05) is 18.2 Å². The number of hydrogen-bond donors (Lipinski definition) is 0. The minimum Gasteiger partial charge on any atom is -0.457 e. The molecule has 6 heteroatoms. The van der Waals surface area contributed by atoms with Crippen molar-refractivity contribution in [2.45, 2.75) is 132 Å². The lowest BCUT2D eigenvalue weighted by Gasteiger charge is -2.34. The van der Waals surface area contributed by atoms with Gasteiger partial charge in [-0.3, -0.25) is 9.59 Å². The number of halogens is 1. The number of nitrogens with zero attached hydrogens (tertiary/aromatic N) is 1. The minimum atomic E-state index is -0.384. The molecule has 0 aliphatic carbocycles. The van der Waals surface area contributed by atoms with E-state index in [-0.39, 0.29) is 45.3 Å². The van der Waals surface area contributed by atoms with Gasteiger partial charge in [0.25, 0.3) is 11.8 Å². The molecule has 0 saturated carbocycles. The van der Waals surface area contributed by atoms with Gasteiger partial charge in [0.2, 0.25) is 0 Å². The van der Waals surface area contributed by atoms with Gasteiger partial charge in [-0.2, -0.15) is 0 Å². The van der Waals surface area contributed by atoms with E-state index in [2.05, 4.69) is 265 Å². The SMILES string of the molecule is CC(C)c1cccc(C(C)C)c1N1C(=O)c2cc(Oc3ccc(C(C)(C)CC(C)(C)C)cc3)c3c4cccc5c(-c6ccc7c8cccc9c(Br)ccc(c%10cccc6c%107)c98)ccc(c6c(Oc7ccc(C(C)(C)CC(C)(C)C)cc7)cc(c2c36)C1=O)c54. The first-order valence-corrected chi connectivity index (χ1v) is 32.2. The van der Waals surface area contributed by atoms with Crippen LogP contribution in [0.3, 0.4) is 0 Å². The highest BCUT2D eigenvalue weighted by Crippen LogP contribution is 2.55. The summed E-state index contributed by atoms with van der Waals surface area (Å²) in [5.74, 6) is 1.59. The van der Waals surface area contributed by atoms with Crippen molar-refractivity contribution in [3.63, 3.8) is 0 Å². The second kappa shape index (κ2) is 20.4. The molecule has 1 aliphatic heterocycles. The standard InChI is InChI=1S/C82H76BrNO4/c1-45(2)51-19-15-20-52(46(3)4)76(51)84-77(85)64-41-67(87-49-31-27-47(28-32-49)81(11,12)43-79(5,6)7)73-62-26-18-22-56-54(53-35-37-59-58-24-17-25-61-66(83)40-39-60(70(58)61)57-23-16-21-55(53)69(57)59)36-38-63(71(56)62)74-68(42-65(78(84)86)72(64)75(73)74)88-50-33-29-48(30-34-50)82(13,14)44-80(8,9)10/h15-42,45-46H,43-44H2,1-14H3. The Kier molecular flexibility index (Phi) is 13.3. The van der Waals surface area contributed by atoms with Crippen LogP contribution in [0, 0.1) is 10.8 Å². The summed E-state index contributed by atoms with van der Waals surface area (Å²) in [6.07, 6.45) is 2.00. The molecular formula is C82H76BrNO4. The summed E-state index contributed by atoms with van der Waals surface area (Å²) in [5, 5.41) is 16.7. The molecule has 88 heavy (non-hydrogen) atoms. The summed E-state index contributed by atoms with van der Waals surface area (Å²) >= 11 is 3.87.